The largest absolute Gasteiger partial charge is 0.118 e. The lowest BCUT2D eigenvalue weighted by atomic mass is 10.1. The van der Waals surface area contributed by atoms with Crippen LogP contribution in [0.4, 0.5) is 0 Å². The summed E-state index contributed by atoms with van der Waals surface area (Å²) in [6.45, 7) is 4.57. The van der Waals surface area contributed by atoms with Gasteiger partial charge in [0.25, 0.3) is 0 Å². The van der Waals surface area contributed by atoms with Crippen molar-refractivity contribution in [2.24, 2.45) is 0 Å². The Morgan fingerprint density at radius 1 is 0.778 bits per heavy atom. The van der Waals surface area contributed by atoms with Gasteiger partial charge in [-0.2, -0.15) is 0 Å². The molecule has 0 aromatic heterocycles. The van der Waals surface area contributed by atoms with Gasteiger partial charge in [-0.25, -0.2) is 0 Å². The van der Waals surface area contributed by atoms with Gasteiger partial charge in [0.1, 0.15) is 0 Å². The van der Waals surface area contributed by atoms with Crippen molar-refractivity contribution >= 4 is 17.2 Å². The Labute approximate surface area is 117 Å². The first kappa shape index (κ1) is 16.1. The Morgan fingerprint density at radius 3 is 1.61 bits per heavy atom. The molecule has 102 valence electrons. The maximum absolute atomic E-state index is 2.35. The lowest BCUT2D eigenvalue weighted by Gasteiger charge is -2.09. The highest BCUT2D eigenvalue weighted by Crippen LogP contribution is 2.27. The van der Waals surface area contributed by atoms with Gasteiger partial charge in [0, 0.05) is 0 Å². The predicted molar refractivity (Wildman–Crippen MR) is 90.0 cm³/mol. The lowest BCUT2D eigenvalue weighted by Crippen LogP contribution is -1.90. The highest BCUT2D eigenvalue weighted by molar-refractivity contribution is 7.37. The molecule has 0 amide bonds. The first-order valence-corrected chi connectivity index (χ1v) is 10.2. The highest BCUT2D eigenvalue weighted by atomic mass is 31.1. The summed E-state index contributed by atoms with van der Waals surface area (Å²) in [6.07, 6.45) is 11.0. The summed E-state index contributed by atoms with van der Waals surface area (Å²) in [5.74, 6) is 0. The van der Waals surface area contributed by atoms with Crippen LogP contribution in [0.2, 0.25) is 0 Å². The van der Waals surface area contributed by atoms with E-state index in [0.717, 1.165) is 17.2 Å². The molecule has 0 aliphatic rings. The molecule has 0 fully saturated rings. The summed E-state index contributed by atoms with van der Waals surface area (Å²) in [4.78, 5) is 0. The van der Waals surface area contributed by atoms with Crippen LogP contribution in [0, 0.1) is 0 Å². The quantitative estimate of drug-likeness (QED) is 0.384. The van der Waals surface area contributed by atoms with Crippen LogP contribution in [0.25, 0.3) is 0 Å². The molecule has 0 spiro atoms. The molecule has 0 heterocycles. The Morgan fingerprint density at radius 2 is 1.22 bits per heavy atom. The smallest absolute Gasteiger partial charge is 0.00977 e. The molecular weight excluding hydrogens is 254 g/mol. The van der Waals surface area contributed by atoms with Gasteiger partial charge in [-0.1, -0.05) is 51.0 Å². The molecule has 1 aromatic carbocycles. The van der Waals surface area contributed by atoms with Crippen molar-refractivity contribution in [3.05, 3.63) is 35.4 Å². The van der Waals surface area contributed by atoms with Crippen molar-refractivity contribution in [2.75, 3.05) is 12.3 Å². The number of hydrogen-bond donors (Lipinski definition) is 0. The second kappa shape index (κ2) is 11.0. The van der Waals surface area contributed by atoms with Crippen LogP contribution in [0.5, 0.6) is 0 Å². The number of hydrogen-bond acceptors (Lipinski definition) is 0. The van der Waals surface area contributed by atoms with E-state index in [1.807, 2.05) is 0 Å². The van der Waals surface area contributed by atoms with E-state index in [0.29, 0.717) is 0 Å². The standard InChI is InChI=1S/C16H28P2/c1-3-5-11-17-13-15-9-7-8-10-16(15)14-18-12-6-4-2/h7-10,17-18H,3-6,11-14H2,1-2H3. The van der Waals surface area contributed by atoms with Gasteiger partial charge >= 0.3 is 0 Å². The van der Waals surface area contributed by atoms with Gasteiger partial charge in [-0.3, -0.25) is 0 Å². The number of rotatable bonds is 10. The molecule has 1 rings (SSSR count). The zero-order chi connectivity index (χ0) is 13.1. The molecule has 2 atom stereocenters. The van der Waals surface area contributed by atoms with E-state index in [4.69, 9.17) is 0 Å². The fourth-order valence-corrected chi connectivity index (χ4v) is 4.74. The SMILES string of the molecule is CCCCPCc1ccccc1CPCCCC. The molecular formula is C16H28P2. The topological polar surface area (TPSA) is 0 Å². The van der Waals surface area contributed by atoms with Gasteiger partial charge in [0.15, 0.2) is 0 Å². The normalized spacial score (nSPS) is 12.1. The molecule has 0 saturated heterocycles. The third-order valence-corrected chi connectivity index (χ3v) is 5.84. The van der Waals surface area contributed by atoms with Crippen molar-refractivity contribution in [3.63, 3.8) is 0 Å². The molecule has 0 saturated carbocycles. The van der Waals surface area contributed by atoms with Crippen LogP contribution >= 0.6 is 17.2 Å². The summed E-state index contributed by atoms with van der Waals surface area (Å²) in [7, 11) is 2.24. The first-order valence-electron chi connectivity index (χ1n) is 7.36. The van der Waals surface area contributed by atoms with Crippen LogP contribution in [0.3, 0.4) is 0 Å². The second-order valence-electron chi connectivity index (χ2n) is 4.83. The second-order valence-corrected chi connectivity index (χ2v) is 7.54. The fourth-order valence-electron chi connectivity index (χ4n) is 1.95. The van der Waals surface area contributed by atoms with Gasteiger partial charge in [-0.15, -0.1) is 17.2 Å². The molecule has 18 heavy (non-hydrogen) atoms. The van der Waals surface area contributed by atoms with Crippen molar-refractivity contribution in [3.8, 4) is 0 Å². The molecule has 0 bridgehead atoms. The summed E-state index contributed by atoms with van der Waals surface area (Å²) in [6, 6.07) is 9.10. The van der Waals surface area contributed by atoms with E-state index in [2.05, 4.69) is 38.1 Å². The van der Waals surface area contributed by atoms with Gasteiger partial charge in [0.05, 0.1) is 0 Å². The number of unbranched alkanes of at least 4 members (excludes halogenated alkanes) is 2. The van der Waals surface area contributed by atoms with Crippen LogP contribution in [-0.4, -0.2) is 12.3 Å². The molecule has 0 aliphatic carbocycles. The zero-order valence-electron chi connectivity index (χ0n) is 12.0. The molecule has 1 aromatic rings. The van der Waals surface area contributed by atoms with Crippen LogP contribution in [0.15, 0.2) is 24.3 Å². The van der Waals surface area contributed by atoms with Crippen LogP contribution in [-0.2, 0) is 12.3 Å². The highest BCUT2D eigenvalue weighted by Gasteiger charge is 2.01. The molecule has 0 aliphatic heterocycles. The maximum atomic E-state index is 2.35. The van der Waals surface area contributed by atoms with E-state index in [9.17, 15) is 0 Å². The summed E-state index contributed by atoms with van der Waals surface area (Å²) >= 11 is 0. The van der Waals surface area contributed by atoms with Gasteiger partial charge < -0.3 is 0 Å². The van der Waals surface area contributed by atoms with E-state index < -0.39 is 0 Å². The molecule has 2 unspecified atom stereocenters. The average Bonchev–Trinajstić information content (AvgIpc) is 2.41. The molecule has 0 nitrogen and oxygen atoms in total. The summed E-state index contributed by atoms with van der Waals surface area (Å²) < 4.78 is 0. The summed E-state index contributed by atoms with van der Waals surface area (Å²) in [5.41, 5.74) is 3.24. The third kappa shape index (κ3) is 6.86. The van der Waals surface area contributed by atoms with E-state index >= 15 is 0 Å². The predicted octanol–water partition coefficient (Wildman–Crippen LogP) is 5.64. The van der Waals surface area contributed by atoms with Crippen molar-refractivity contribution in [1.82, 2.24) is 0 Å². The van der Waals surface area contributed by atoms with E-state index in [1.165, 1.54) is 50.3 Å². The van der Waals surface area contributed by atoms with E-state index in [-0.39, 0.29) is 0 Å². The van der Waals surface area contributed by atoms with Gasteiger partial charge in [-0.05, 0) is 48.6 Å². The number of benzene rings is 1. The van der Waals surface area contributed by atoms with Crippen molar-refractivity contribution in [2.45, 2.75) is 51.9 Å². The van der Waals surface area contributed by atoms with E-state index in [1.54, 1.807) is 11.1 Å². The minimum absolute atomic E-state index is 1.12. The van der Waals surface area contributed by atoms with Crippen LogP contribution < -0.4 is 0 Å². The van der Waals surface area contributed by atoms with Crippen molar-refractivity contribution < 1.29 is 0 Å². The van der Waals surface area contributed by atoms with Crippen molar-refractivity contribution in [1.29, 1.82) is 0 Å². The Bertz CT molecular complexity index is 279. The molecule has 2 heteroatoms. The Balaban J connectivity index is 2.36. The fraction of sp³-hybridized carbons (Fsp3) is 0.625. The lowest BCUT2D eigenvalue weighted by molar-refractivity contribution is 0.892. The monoisotopic (exact) mass is 282 g/mol. The van der Waals surface area contributed by atoms with Gasteiger partial charge in [0.2, 0.25) is 0 Å². The zero-order valence-corrected chi connectivity index (χ0v) is 14.0. The summed E-state index contributed by atoms with van der Waals surface area (Å²) in [5, 5.41) is 0. The minimum Gasteiger partial charge on any atom is -0.118 e. The minimum atomic E-state index is 1.12. The van der Waals surface area contributed by atoms with Crippen LogP contribution in [0.1, 0.15) is 50.7 Å². The Kier molecular flexibility index (Phi) is 9.82. The molecule has 0 radical (unpaired) electrons. The average molecular weight is 282 g/mol. The maximum Gasteiger partial charge on any atom is -0.00977 e. The third-order valence-electron chi connectivity index (χ3n) is 3.16. The molecule has 0 N–H and O–H groups in total. The first-order chi connectivity index (χ1) is 8.88. The Hall–Kier alpha value is 0.0800.